The number of phosphoric acid groups is 1. The Balaban J connectivity index is -0.0000000356. The van der Waals surface area contributed by atoms with E-state index in [1.54, 1.807) is 0 Å². The zero-order chi connectivity index (χ0) is 13.9. The van der Waals surface area contributed by atoms with Gasteiger partial charge in [-0.2, -0.15) is 0 Å². The van der Waals surface area contributed by atoms with Gasteiger partial charge in [0.15, 0.2) is 5.60 Å². The molecule has 0 radical (unpaired) electrons. The second-order valence-electron chi connectivity index (χ2n) is 3.02. The quantitative estimate of drug-likeness (QED) is 0.248. The van der Waals surface area contributed by atoms with Crippen LogP contribution in [0.2, 0.25) is 0 Å². The van der Waals surface area contributed by atoms with Gasteiger partial charge in [0.1, 0.15) is 0 Å². The van der Waals surface area contributed by atoms with Gasteiger partial charge < -0.3 is 33.7 Å². The zero-order valence-corrected chi connectivity index (χ0v) is 17.8. The van der Waals surface area contributed by atoms with Crippen LogP contribution in [0.25, 0.3) is 0 Å². The first kappa shape index (κ1) is 30.2. The molecule has 0 aliphatic heterocycles. The number of carboxylic acids is 3. The Morgan fingerprint density at radius 1 is 0.950 bits per heavy atom. The van der Waals surface area contributed by atoms with E-state index >= 15 is 0 Å². The van der Waals surface area contributed by atoms with Gasteiger partial charge >= 0.3 is 139 Å². The molecule has 14 heteroatoms. The molecule has 0 heterocycles. The summed E-state index contributed by atoms with van der Waals surface area (Å²) in [7, 11) is -5.36. The summed E-state index contributed by atoms with van der Waals surface area (Å²) >= 11 is 0. The number of aliphatic carboxylic acids is 3. The fraction of sp³-hybridized carbons (Fsp3) is 0.500. The number of hydrogen-bond acceptors (Lipinski definition) is 5. The van der Waals surface area contributed by atoms with Crippen molar-refractivity contribution in [2.45, 2.75) is 18.4 Å². The fourth-order valence-corrected chi connectivity index (χ4v) is 1.70. The second kappa shape index (κ2) is 12.7. The number of hydrogen-bond donors (Lipinski definition) is 5. The predicted octanol–water partition coefficient (Wildman–Crippen LogP) is -1.60. The van der Waals surface area contributed by atoms with Gasteiger partial charge in [0.25, 0.3) is 0 Å². The molecule has 0 amide bonds. The van der Waals surface area contributed by atoms with E-state index in [9.17, 15) is 18.9 Å². The van der Waals surface area contributed by atoms with Crippen molar-refractivity contribution >= 4 is 139 Å². The molecule has 0 aliphatic carbocycles. The molecule has 10 nitrogen and oxygen atoms in total. The van der Waals surface area contributed by atoms with Gasteiger partial charge in [0.2, 0.25) is 0 Å². The van der Waals surface area contributed by atoms with E-state index in [-0.39, 0.29) is 122 Å². The standard InChI is InChI=1S/C6H9O10P.3Ca.6H/c7-3(8)1-6(5(11)12,2-4(9)10)16-17(13,14)15;;;;;;;;;/h1-2H2,(H,7,8)(H,9,10)(H,11,12)(H2,13,14,15);;;;;;;;;/q;3*+2;6*-1. The van der Waals surface area contributed by atoms with E-state index in [1.165, 1.54) is 0 Å². The molecule has 0 aromatic rings. The molecule has 110 valence electrons. The Labute approximate surface area is 211 Å². The molecule has 0 saturated heterocycles. The van der Waals surface area contributed by atoms with Crippen LogP contribution in [0.15, 0.2) is 0 Å². The Hall–Kier alpha value is 2.30. The molecule has 0 fully saturated rings. The molecule has 0 aromatic heterocycles. The topological polar surface area (TPSA) is 179 Å². The van der Waals surface area contributed by atoms with Gasteiger partial charge in [-0.15, -0.1) is 0 Å². The third-order valence-corrected chi connectivity index (χ3v) is 2.14. The minimum atomic E-state index is -5.36. The molecule has 0 rings (SSSR count). The summed E-state index contributed by atoms with van der Waals surface area (Å²) in [6.07, 6.45) is -2.81. The van der Waals surface area contributed by atoms with Gasteiger partial charge in [-0.25, -0.2) is 9.36 Å². The van der Waals surface area contributed by atoms with Crippen molar-refractivity contribution in [1.29, 1.82) is 0 Å². The van der Waals surface area contributed by atoms with Crippen LogP contribution in [0.1, 0.15) is 21.4 Å². The van der Waals surface area contributed by atoms with Gasteiger partial charge in [-0.3, -0.25) is 14.1 Å². The summed E-state index contributed by atoms with van der Waals surface area (Å²) in [6.45, 7) is 0. The Bertz CT molecular complexity index is 397. The van der Waals surface area contributed by atoms with Gasteiger partial charge in [-0.1, -0.05) is 0 Å². The van der Waals surface area contributed by atoms with E-state index in [2.05, 4.69) is 4.52 Å². The van der Waals surface area contributed by atoms with E-state index in [0.717, 1.165) is 0 Å². The molecule has 0 saturated carbocycles. The molecule has 0 spiro atoms. The third-order valence-electron chi connectivity index (χ3n) is 1.56. The van der Waals surface area contributed by atoms with Crippen molar-refractivity contribution < 1.29 is 57.1 Å². The van der Waals surface area contributed by atoms with Crippen molar-refractivity contribution in [1.82, 2.24) is 0 Å². The molecular formula is C6H15Ca3O10P. The van der Waals surface area contributed by atoms with Crippen LogP contribution in [0, 0.1) is 0 Å². The normalized spacial score (nSPS) is 10.3. The number of carbonyl (C=O) groups is 3. The van der Waals surface area contributed by atoms with Crippen molar-refractivity contribution in [3.05, 3.63) is 0 Å². The number of carboxylic acid groups (broad SMARTS) is 3. The third kappa shape index (κ3) is 12.8. The van der Waals surface area contributed by atoms with Gasteiger partial charge in [-0.05, 0) is 0 Å². The largest absolute Gasteiger partial charge is 2.00 e. The summed E-state index contributed by atoms with van der Waals surface area (Å²) in [5, 5.41) is 25.5. The summed E-state index contributed by atoms with van der Waals surface area (Å²) in [6, 6.07) is 0. The van der Waals surface area contributed by atoms with Crippen LogP contribution < -0.4 is 0 Å². The molecule has 0 bridgehead atoms. The maximum atomic E-state index is 10.8. The average Bonchev–Trinajstić information content (AvgIpc) is 1.96. The van der Waals surface area contributed by atoms with E-state index < -0.39 is 44.2 Å². The minimum absolute atomic E-state index is 0. The van der Waals surface area contributed by atoms with E-state index in [4.69, 9.17) is 25.1 Å². The summed E-state index contributed by atoms with van der Waals surface area (Å²) in [4.78, 5) is 48.5. The molecule has 0 aromatic carbocycles. The van der Waals surface area contributed by atoms with Crippen LogP contribution >= 0.6 is 7.82 Å². The Morgan fingerprint density at radius 2 is 1.25 bits per heavy atom. The van der Waals surface area contributed by atoms with Crippen molar-refractivity contribution in [3.8, 4) is 0 Å². The smallest absolute Gasteiger partial charge is 1.00 e. The van der Waals surface area contributed by atoms with E-state index in [0.29, 0.717) is 0 Å². The van der Waals surface area contributed by atoms with Crippen molar-refractivity contribution in [3.63, 3.8) is 0 Å². The van der Waals surface area contributed by atoms with Crippen LogP contribution in [-0.2, 0) is 23.5 Å². The van der Waals surface area contributed by atoms with Gasteiger partial charge in [0.05, 0.1) is 12.8 Å². The second-order valence-corrected chi connectivity index (χ2v) is 4.19. The predicted molar refractivity (Wildman–Crippen MR) is 71.9 cm³/mol. The van der Waals surface area contributed by atoms with Crippen LogP contribution in [0.5, 0.6) is 0 Å². The van der Waals surface area contributed by atoms with Crippen LogP contribution in [-0.4, -0.2) is 162 Å². The SMILES string of the molecule is O=C(O)CC(CC(=O)O)(OP(=O)(O)O)C(=O)O.[Ca+2].[Ca+2].[Ca+2].[H-].[H-].[H-].[H-].[H-].[H-]. The maximum Gasteiger partial charge on any atom is 2.00 e. The monoisotopic (exact) mass is 398 g/mol. The number of rotatable bonds is 7. The molecule has 0 aliphatic rings. The fourth-order valence-electron chi connectivity index (χ4n) is 1.03. The van der Waals surface area contributed by atoms with Crippen molar-refractivity contribution in [2.24, 2.45) is 0 Å². The average molecular weight is 398 g/mol. The van der Waals surface area contributed by atoms with Crippen LogP contribution in [0.4, 0.5) is 0 Å². The van der Waals surface area contributed by atoms with Crippen LogP contribution in [0.3, 0.4) is 0 Å². The first-order valence-electron chi connectivity index (χ1n) is 3.92. The first-order valence-corrected chi connectivity index (χ1v) is 5.45. The molecule has 20 heavy (non-hydrogen) atoms. The van der Waals surface area contributed by atoms with Gasteiger partial charge in [0, 0.05) is 0 Å². The summed E-state index contributed by atoms with van der Waals surface area (Å²) in [5.74, 6) is -5.64. The van der Waals surface area contributed by atoms with E-state index in [1.807, 2.05) is 0 Å². The van der Waals surface area contributed by atoms with Crippen molar-refractivity contribution in [2.75, 3.05) is 0 Å². The Kier molecular flexibility index (Phi) is 19.2. The first-order chi connectivity index (χ1) is 7.48. The zero-order valence-electron chi connectivity index (χ0n) is 16.3. The Morgan fingerprint density at radius 3 is 1.40 bits per heavy atom. The minimum Gasteiger partial charge on any atom is -1.00 e. The maximum absolute atomic E-state index is 10.8. The summed E-state index contributed by atoms with van der Waals surface area (Å²) in [5.41, 5.74) is -3.02. The molecule has 0 atom stereocenters. The summed E-state index contributed by atoms with van der Waals surface area (Å²) < 4.78 is 14.4. The number of phosphoric ester groups is 1. The molecular weight excluding hydrogens is 383 g/mol. The molecule has 0 unspecified atom stereocenters. The molecule has 5 N–H and O–H groups in total.